The van der Waals surface area contributed by atoms with Gasteiger partial charge in [0.25, 0.3) is 5.91 Å². The first-order valence-electron chi connectivity index (χ1n) is 7.05. The Morgan fingerprint density at radius 1 is 1.12 bits per heavy atom. The highest BCUT2D eigenvalue weighted by atomic mass is 35.5. The zero-order valence-corrected chi connectivity index (χ0v) is 15.1. The van der Waals surface area contributed by atoms with Gasteiger partial charge in [0.15, 0.2) is 0 Å². The minimum Gasteiger partial charge on any atom is -0.272 e. The number of hydrazine groups is 1. The van der Waals surface area contributed by atoms with Crippen molar-refractivity contribution in [2.24, 2.45) is 0 Å². The summed E-state index contributed by atoms with van der Waals surface area (Å²) in [6.07, 6.45) is 2.44. The van der Waals surface area contributed by atoms with Crippen molar-refractivity contribution in [3.63, 3.8) is 0 Å². The molecule has 0 radical (unpaired) electrons. The van der Waals surface area contributed by atoms with Gasteiger partial charge < -0.3 is 0 Å². The lowest BCUT2D eigenvalue weighted by Gasteiger charge is -2.06. The monoisotopic (exact) mass is 398 g/mol. The molecule has 4 nitrogen and oxygen atoms in total. The highest BCUT2D eigenvalue weighted by molar-refractivity contribution is 8.00. The van der Waals surface area contributed by atoms with Crippen LogP contribution in [0.15, 0.2) is 53.4 Å². The number of halogens is 3. The third-order valence-corrected chi connectivity index (χ3v) is 4.63. The number of thioether (sulfide) groups is 1. The molecule has 0 spiro atoms. The Hall–Kier alpha value is -2.02. The van der Waals surface area contributed by atoms with E-state index in [-0.39, 0.29) is 11.3 Å². The van der Waals surface area contributed by atoms with Crippen LogP contribution in [0.5, 0.6) is 0 Å². The van der Waals surface area contributed by atoms with Gasteiger partial charge in [-0.2, -0.15) is 0 Å². The maximum absolute atomic E-state index is 13.4. The molecule has 0 aliphatic carbocycles. The van der Waals surface area contributed by atoms with Gasteiger partial charge in [0.1, 0.15) is 5.82 Å². The Balaban J connectivity index is 1.78. The molecule has 2 N–H and O–H groups in total. The largest absolute Gasteiger partial charge is 0.272 e. The van der Waals surface area contributed by atoms with E-state index in [1.54, 1.807) is 30.3 Å². The minimum absolute atomic E-state index is 0.0391. The second-order valence-electron chi connectivity index (χ2n) is 4.76. The van der Waals surface area contributed by atoms with Crippen molar-refractivity contribution < 1.29 is 14.0 Å². The van der Waals surface area contributed by atoms with Crippen molar-refractivity contribution >= 4 is 52.9 Å². The summed E-state index contributed by atoms with van der Waals surface area (Å²) < 4.78 is 13.4. The van der Waals surface area contributed by atoms with Crippen LogP contribution in [0.4, 0.5) is 4.39 Å². The molecule has 0 atom stereocenters. The zero-order valence-electron chi connectivity index (χ0n) is 12.8. The minimum atomic E-state index is -0.581. The zero-order chi connectivity index (χ0) is 18.2. The van der Waals surface area contributed by atoms with Crippen LogP contribution in [0, 0.1) is 5.82 Å². The van der Waals surface area contributed by atoms with Crippen molar-refractivity contribution in [2.45, 2.75) is 4.90 Å². The molecule has 2 aromatic rings. The Morgan fingerprint density at radius 3 is 2.64 bits per heavy atom. The van der Waals surface area contributed by atoms with Crippen molar-refractivity contribution in [3.8, 4) is 0 Å². The molecule has 0 saturated carbocycles. The van der Waals surface area contributed by atoms with E-state index in [0.29, 0.717) is 14.9 Å². The molecule has 0 aromatic heterocycles. The van der Waals surface area contributed by atoms with Gasteiger partial charge in [-0.15, -0.1) is 11.8 Å². The van der Waals surface area contributed by atoms with Crippen molar-refractivity contribution in [1.29, 1.82) is 0 Å². The molecule has 25 heavy (non-hydrogen) atoms. The number of amides is 2. The fraction of sp³-hybridized carbons (Fsp3) is 0.0588. The van der Waals surface area contributed by atoms with Crippen LogP contribution < -0.4 is 10.9 Å². The summed E-state index contributed by atoms with van der Waals surface area (Å²) in [7, 11) is 0. The summed E-state index contributed by atoms with van der Waals surface area (Å²) >= 11 is 13.1. The first-order valence-corrected chi connectivity index (χ1v) is 8.79. The molecule has 130 valence electrons. The van der Waals surface area contributed by atoms with Crippen LogP contribution in [0.2, 0.25) is 10.0 Å². The molecule has 0 saturated heterocycles. The fourth-order valence-corrected chi connectivity index (χ4v) is 3.01. The fourth-order valence-electron chi connectivity index (χ4n) is 1.72. The Labute approximate surface area is 158 Å². The summed E-state index contributed by atoms with van der Waals surface area (Å²) in [6, 6.07) is 11.0. The molecule has 2 rings (SSSR count). The third kappa shape index (κ3) is 6.42. The Kier molecular flexibility index (Phi) is 7.31. The first kappa shape index (κ1) is 19.3. The maximum Gasteiger partial charge on any atom is 0.262 e. The van der Waals surface area contributed by atoms with Gasteiger partial charge in [0.05, 0.1) is 10.8 Å². The van der Waals surface area contributed by atoms with Gasteiger partial charge in [-0.1, -0.05) is 41.4 Å². The summed E-state index contributed by atoms with van der Waals surface area (Å²) in [5.74, 6) is -1.40. The normalized spacial score (nSPS) is 10.7. The van der Waals surface area contributed by atoms with Crippen molar-refractivity contribution in [2.75, 3.05) is 5.75 Å². The van der Waals surface area contributed by atoms with E-state index in [1.165, 1.54) is 30.0 Å². The van der Waals surface area contributed by atoms with Crippen molar-refractivity contribution in [1.82, 2.24) is 10.9 Å². The highest BCUT2D eigenvalue weighted by Gasteiger charge is 2.07. The summed E-state index contributed by atoms with van der Waals surface area (Å²) in [5.41, 5.74) is 4.74. The molecule has 0 heterocycles. The lowest BCUT2D eigenvalue weighted by molar-refractivity contribution is -0.125. The second-order valence-corrected chi connectivity index (χ2v) is 6.62. The van der Waals surface area contributed by atoms with E-state index in [1.807, 2.05) is 0 Å². The topological polar surface area (TPSA) is 58.2 Å². The number of hydrogen-bond acceptors (Lipinski definition) is 3. The van der Waals surface area contributed by atoms with Crippen LogP contribution in [-0.2, 0) is 9.59 Å². The van der Waals surface area contributed by atoms with Gasteiger partial charge in [0, 0.05) is 21.6 Å². The third-order valence-electron chi connectivity index (χ3n) is 2.90. The molecule has 0 aliphatic rings. The average molecular weight is 399 g/mol. The maximum atomic E-state index is 13.4. The first-order chi connectivity index (χ1) is 12.0. The number of carbonyl (C=O) groups excluding carboxylic acids is 2. The molecule has 0 aliphatic heterocycles. The van der Waals surface area contributed by atoms with Crippen LogP contribution in [-0.4, -0.2) is 17.6 Å². The number of carbonyl (C=O) groups is 2. The van der Waals surface area contributed by atoms with E-state index in [4.69, 9.17) is 23.2 Å². The SMILES string of the molecule is O=C(/C=C/c1ccccc1F)NNC(=O)CSc1cc(Cl)ccc1Cl. The highest BCUT2D eigenvalue weighted by Crippen LogP contribution is 2.29. The molecule has 0 fully saturated rings. The van der Waals surface area contributed by atoms with E-state index in [2.05, 4.69) is 10.9 Å². The van der Waals surface area contributed by atoms with Crippen LogP contribution in [0.3, 0.4) is 0 Å². The Bertz CT molecular complexity index is 815. The molecule has 2 aromatic carbocycles. The summed E-state index contributed by atoms with van der Waals surface area (Å²) in [4.78, 5) is 24.0. The van der Waals surface area contributed by atoms with Gasteiger partial charge in [-0.3, -0.25) is 20.4 Å². The standard InChI is InChI=1S/C17H13Cl2FN2O2S/c18-12-6-7-13(19)15(9-12)25-10-17(24)22-21-16(23)8-5-11-3-1-2-4-14(11)20/h1-9H,10H2,(H,21,23)(H,22,24)/b8-5+. The Morgan fingerprint density at radius 2 is 1.88 bits per heavy atom. The van der Waals surface area contributed by atoms with Crippen LogP contribution in [0.1, 0.15) is 5.56 Å². The summed E-state index contributed by atoms with van der Waals surface area (Å²) in [6.45, 7) is 0. The lowest BCUT2D eigenvalue weighted by atomic mass is 10.2. The van der Waals surface area contributed by atoms with Gasteiger partial charge in [-0.05, 0) is 30.3 Å². The second kappa shape index (κ2) is 9.46. The predicted octanol–water partition coefficient (Wildman–Crippen LogP) is 4.09. The average Bonchev–Trinajstić information content (AvgIpc) is 2.60. The molecule has 2 amide bonds. The quantitative estimate of drug-likeness (QED) is 0.453. The van der Waals surface area contributed by atoms with E-state index in [9.17, 15) is 14.0 Å². The number of nitrogens with one attached hydrogen (secondary N) is 2. The lowest BCUT2D eigenvalue weighted by Crippen LogP contribution is -2.41. The number of benzene rings is 2. The van der Waals surface area contributed by atoms with E-state index >= 15 is 0 Å². The molecular formula is C17H13Cl2FN2O2S. The molecule has 8 heteroatoms. The van der Waals surface area contributed by atoms with Gasteiger partial charge >= 0.3 is 0 Å². The van der Waals surface area contributed by atoms with Gasteiger partial charge in [0.2, 0.25) is 5.91 Å². The number of rotatable bonds is 5. The van der Waals surface area contributed by atoms with E-state index < -0.39 is 17.6 Å². The van der Waals surface area contributed by atoms with Crippen LogP contribution in [0.25, 0.3) is 6.08 Å². The van der Waals surface area contributed by atoms with Crippen molar-refractivity contribution in [3.05, 3.63) is 70.0 Å². The molecular weight excluding hydrogens is 386 g/mol. The smallest absolute Gasteiger partial charge is 0.262 e. The van der Waals surface area contributed by atoms with Crippen LogP contribution >= 0.6 is 35.0 Å². The molecule has 0 bridgehead atoms. The summed E-state index contributed by atoms with van der Waals surface area (Å²) in [5, 5.41) is 0.998. The number of hydrogen-bond donors (Lipinski definition) is 2. The van der Waals surface area contributed by atoms with Gasteiger partial charge in [-0.25, -0.2) is 4.39 Å². The predicted molar refractivity (Wildman–Crippen MR) is 98.9 cm³/mol. The van der Waals surface area contributed by atoms with E-state index in [0.717, 1.165) is 6.08 Å². The molecule has 0 unspecified atom stereocenters.